The van der Waals surface area contributed by atoms with Crippen LogP contribution in [0.15, 0.2) is 24.3 Å². The van der Waals surface area contributed by atoms with Crippen LogP contribution in [0.2, 0.25) is 5.02 Å². The highest BCUT2D eigenvalue weighted by molar-refractivity contribution is 7.90. The number of benzene rings is 1. The summed E-state index contributed by atoms with van der Waals surface area (Å²) in [5.74, 6) is -0.705. The second-order valence-electron chi connectivity index (χ2n) is 5.60. The molecular formula is C15H21ClN2O3S. The normalized spacial score (nSPS) is 17.4. The summed E-state index contributed by atoms with van der Waals surface area (Å²) in [6, 6.07) is 7.18. The van der Waals surface area contributed by atoms with Crippen LogP contribution in [0.1, 0.15) is 37.3 Å². The summed E-state index contributed by atoms with van der Waals surface area (Å²) in [6.07, 6.45) is 4.34. The number of nitrogens with one attached hydrogen (secondary N) is 2. The van der Waals surface area contributed by atoms with Crippen molar-refractivity contribution in [2.75, 3.05) is 12.8 Å². The fourth-order valence-electron chi connectivity index (χ4n) is 2.89. The van der Waals surface area contributed by atoms with Crippen molar-refractivity contribution in [2.24, 2.45) is 5.92 Å². The standard InChI is InChI=1S/C15H21ClN2O3S/c1-17-22(20,21)10-14(19)18-15(11-4-2-3-5-11)12-6-8-13(16)9-7-12/h6-9,11,15,17H,2-5,10H2,1H3,(H,18,19)/t15-/m1/s1. The zero-order valence-electron chi connectivity index (χ0n) is 12.5. The van der Waals surface area contributed by atoms with Crippen LogP contribution in [0.3, 0.4) is 0 Å². The smallest absolute Gasteiger partial charge is 0.237 e. The van der Waals surface area contributed by atoms with E-state index in [1.807, 2.05) is 12.1 Å². The minimum absolute atomic E-state index is 0.167. The maximum absolute atomic E-state index is 12.1. The Balaban J connectivity index is 2.14. The first-order valence-corrected chi connectivity index (χ1v) is 9.40. The fourth-order valence-corrected chi connectivity index (χ4v) is 3.59. The molecule has 2 N–H and O–H groups in total. The topological polar surface area (TPSA) is 75.3 Å². The number of amides is 1. The Morgan fingerprint density at radius 2 is 1.86 bits per heavy atom. The molecule has 0 spiro atoms. The van der Waals surface area contributed by atoms with E-state index in [0.29, 0.717) is 10.9 Å². The summed E-state index contributed by atoms with van der Waals surface area (Å²) >= 11 is 5.91. The zero-order chi connectivity index (χ0) is 16.2. The molecule has 0 bridgehead atoms. The SMILES string of the molecule is CNS(=O)(=O)CC(=O)N[C@@H](c1ccc(Cl)cc1)C1CCCC1. The molecule has 2 rings (SSSR count). The molecule has 5 nitrogen and oxygen atoms in total. The fraction of sp³-hybridized carbons (Fsp3) is 0.533. The predicted molar refractivity (Wildman–Crippen MR) is 87.1 cm³/mol. The second kappa shape index (κ2) is 7.44. The van der Waals surface area contributed by atoms with E-state index < -0.39 is 21.7 Å². The molecule has 1 aromatic rings. The lowest BCUT2D eigenvalue weighted by molar-refractivity contribution is -0.119. The Bertz CT molecular complexity index is 610. The van der Waals surface area contributed by atoms with Crippen molar-refractivity contribution in [1.29, 1.82) is 0 Å². The molecule has 1 saturated carbocycles. The molecule has 22 heavy (non-hydrogen) atoms. The van der Waals surface area contributed by atoms with Gasteiger partial charge in [-0.3, -0.25) is 4.79 Å². The van der Waals surface area contributed by atoms with Crippen LogP contribution < -0.4 is 10.0 Å². The van der Waals surface area contributed by atoms with E-state index >= 15 is 0 Å². The molecule has 0 unspecified atom stereocenters. The average molecular weight is 345 g/mol. The molecule has 1 atom stereocenters. The van der Waals surface area contributed by atoms with E-state index in [1.54, 1.807) is 12.1 Å². The van der Waals surface area contributed by atoms with Crippen LogP contribution in [0, 0.1) is 5.92 Å². The highest BCUT2D eigenvalue weighted by atomic mass is 35.5. The summed E-state index contributed by atoms with van der Waals surface area (Å²) in [5, 5.41) is 3.52. The van der Waals surface area contributed by atoms with Crippen molar-refractivity contribution in [1.82, 2.24) is 10.0 Å². The van der Waals surface area contributed by atoms with Gasteiger partial charge < -0.3 is 5.32 Å². The number of sulfonamides is 1. The van der Waals surface area contributed by atoms with Gasteiger partial charge in [-0.1, -0.05) is 36.6 Å². The summed E-state index contributed by atoms with van der Waals surface area (Å²) in [4.78, 5) is 12.1. The largest absolute Gasteiger partial charge is 0.348 e. The van der Waals surface area contributed by atoms with E-state index in [4.69, 9.17) is 11.6 Å². The van der Waals surface area contributed by atoms with Crippen LogP contribution in [-0.4, -0.2) is 27.1 Å². The maximum atomic E-state index is 12.1. The highest BCUT2D eigenvalue weighted by Crippen LogP contribution is 2.36. The lowest BCUT2D eigenvalue weighted by atomic mass is 9.91. The number of rotatable bonds is 6. The number of halogens is 1. The molecule has 0 aliphatic heterocycles. The Kier molecular flexibility index (Phi) is 5.83. The minimum Gasteiger partial charge on any atom is -0.348 e. The minimum atomic E-state index is -3.56. The molecule has 0 aromatic heterocycles. The Hall–Kier alpha value is -1.11. The van der Waals surface area contributed by atoms with E-state index in [-0.39, 0.29) is 6.04 Å². The molecule has 1 amide bonds. The van der Waals surface area contributed by atoms with Gasteiger partial charge in [-0.05, 0) is 43.5 Å². The van der Waals surface area contributed by atoms with E-state index in [1.165, 1.54) is 7.05 Å². The summed E-state index contributed by atoms with van der Waals surface area (Å²) in [6.45, 7) is 0. The van der Waals surface area contributed by atoms with Gasteiger partial charge in [-0.2, -0.15) is 0 Å². The van der Waals surface area contributed by atoms with E-state index in [0.717, 1.165) is 31.2 Å². The molecule has 1 aliphatic rings. The first kappa shape index (κ1) is 17.2. The summed E-state index contributed by atoms with van der Waals surface area (Å²) < 4.78 is 25.2. The first-order chi connectivity index (χ1) is 10.4. The number of hydrogen-bond donors (Lipinski definition) is 2. The van der Waals surface area contributed by atoms with Crippen molar-refractivity contribution in [3.63, 3.8) is 0 Å². The van der Waals surface area contributed by atoms with Gasteiger partial charge in [-0.25, -0.2) is 13.1 Å². The van der Waals surface area contributed by atoms with Crippen molar-refractivity contribution in [2.45, 2.75) is 31.7 Å². The Labute approximate surface area is 136 Å². The van der Waals surface area contributed by atoms with E-state index in [9.17, 15) is 13.2 Å². The summed E-state index contributed by atoms with van der Waals surface area (Å²) in [7, 11) is -2.26. The molecule has 1 aromatic carbocycles. The molecule has 1 fully saturated rings. The molecule has 7 heteroatoms. The van der Waals surface area contributed by atoms with Gasteiger partial charge in [0.1, 0.15) is 5.75 Å². The van der Waals surface area contributed by atoms with Crippen LogP contribution in [-0.2, 0) is 14.8 Å². The van der Waals surface area contributed by atoms with Gasteiger partial charge in [0.15, 0.2) is 0 Å². The van der Waals surface area contributed by atoms with Gasteiger partial charge in [0.05, 0.1) is 6.04 Å². The average Bonchev–Trinajstić information content (AvgIpc) is 2.99. The third kappa shape index (κ3) is 4.69. The Morgan fingerprint density at radius 3 is 2.41 bits per heavy atom. The number of hydrogen-bond acceptors (Lipinski definition) is 3. The van der Waals surface area contributed by atoms with Crippen LogP contribution in [0.4, 0.5) is 0 Å². The molecule has 1 aliphatic carbocycles. The number of carbonyl (C=O) groups excluding carboxylic acids is 1. The van der Waals surface area contributed by atoms with Gasteiger partial charge in [-0.15, -0.1) is 0 Å². The van der Waals surface area contributed by atoms with Gasteiger partial charge in [0.25, 0.3) is 0 Å². The first-order valence-electron chi connectivity index (χ1n) is 7.37. The highest BCUT2D eigenvalue weighted by Gasteiger charge is 2.28. The maximum Gasteiger partial charge on any atom is 0.237 e. The Morgan fingerprint density at radius 1 is 1.27 bits per heavy atom. The third-order valence-corrected chi connectivity index (χ3v) is 5.57. The van der Waals surface area contributed by atoms with Gasteiger partial charge >= 0.3 is 0 Å². The molecule has 0 heterocycles. The lowest BCUT2D eigenvalue weighted by Crippen LogP contribution is -2.39. The van der Waals surface area contributed by atoms with Gasteiger partial charge in [0.2, 0.25) is 15.9 Å². The zero-order valence-corrected chi connectivity index (χ0v) is 14.1. The molecule has 122 valence electrons. The lowest BCUT2D eigenvalue weighted by Gasteiger charge is -2.25. The molecular weight excluding hydrogens is 324 g/mol. The number of carbonyl (C=O) groups is 1. The van der Waals surface area contributed by atoms with Crippen LogP contribution >= 0.6 is 11.6 Å². The van der Waals surface area contributed by atoms with Crippen LogP contribution in [0.25, 0.3) is 0 Å². The quantitative estimate of drug-likeness (QED) is 0.831. The molecule has 0 radical (unpaired) electrons. The van der Waals surface area contributed by atoms with Gasteiger partial charge in [0, 0.05) is 5.02 Å². The summed E-state index contributed by atoms with van der Waals surface area (Å²) in [5.41, 5.74) is 0.964. The van der Waals surface area contributed by atoms with Crippen molar-refractivity contribution in [3.05, 3.63) is 34.9 Å². The van der Waals surface area contributed by atoms with Crippen molar-refractivity contribution >= 4 is 27.5 Å². The van der Waals surface area contributed by atoms with Crippen molar-refractivity contribution in [3.8, 4) is 0 Å². The molecule has 0 saturated heterocycles. The van der Waals surface area contributed by atoms with Crippen LogP contribution in [0.5, 0.6) is 0 Å². The predicted octanol–water partition coefficient (Wildman–Crippen LogP) is 2.24. The third-order valence-electron chi connectivity index (χ3n) is 4.05. The van der Waals surface area contributed by atoms with E-state index in [2.05, 4.69) is 10.0 Å². The second-order valence-corrected chi connectivity index (χ2v) is 7.97. The van der Waals surface area contributed by atoms with Crippen molar-refractivity contribution < 1.29 is 13.2 Å². The monoisotopic (exact) mass is 344 g/mol.